The van der Waals surface area contributed by atoms with E-state index in [1.54, 1.807) is 0 Å². The summed E-state index contributed by atoms with van der Waals surface area (Å²) in [6, 6.07) is 0. The molecule has 1 rings (SSSR count). The Bertz CT molecular complexity index is 326. The highest BCUT2D eigenvalue weighted by Crippen LogP contribution is 2.30. The molecule has 0 amide bonds. The minimum Gasteiger partial charge on any atom is -0.513 e. The third-order valence-corrected chi connectivity index (χ3v) is 3.94. The Morgan fingerprint density at radius 2 is 2.15 bits per heavy atom. The second-order valence-corrected chi connectivity index (χ2v) is 5.83. The van der Waals surface area contributed by atoms with Gasteiger partial charge in [0.15, 0.2) is 0 Å². The smallest absolute Gasteiger partial charge is 0.0880 e. The van der Waals surface area contributed by atoms with Gasteiger partial charge in [-0.1, -0.05) is 20.1 Å². The van der Waals surface area contributed by atoms with Gasteiger partial charge in [0, 0.05) is 12.5 Å². The van der Waals surface area contributed by atoms with Crippen molar-refractivity contribution in [1.29, 1.82) is 0 Å². The summed E-state index contributed by atoms with van der Waals surface area (Å²) in [6.45, 7) is 9.56. The van der Waals surface area contributed by atoms with Crippen molar-refractivity contribution >= 4 is 0 Å². The third-order valence-electron chi connectivity index (χ3n) is 3.94. The summed E-state index contributed by atoms with van der Waals surface area (Å²) in [7, 11) is 0. The molecule has 1 heterocycles. The molecule has 0 aromatic heterocycles. The van der Waals surface area contributed by atoms with Crippen molar-refractivity contribution < 1.29 is 20.1 Å². The fraction of sp³-hybridized carbons (Fsp3) is 0.750. The van der Waals surface area contributed by atoms with Gasteiger partial charge in [-0.15, -0.1) is 0 Å². The lowest BCUT2D eigenvalue weighted by molar-refractivity contribution is 0.0287. The van der Waals surface area contributed by atoms with Crippen LogP contribution in [0.4, 0.5) is 0 Å². The number of aliphatic hydroxyl groups excluding tert-OH is 3. The first-order valence-electron chi connectivity index (χ1n) is 7.43. The normalized spacial score (nSPS) is 25.6. The maximum atomic E-state index is 9.95. The van der Waals surface area contributed by atoms with Gasteiger partial charge in [-0.25, -0.2) is 0 Å². The highest BCUT2D eigenvalue weighted by molar-refractivity contribution is 5.09. The lowest BCUT2D eigenvalue weighted by Crippen LogP contribution is -2.18. The minimum absolute atomic E-state index is 0.0148. The van der Waals surface area contributed by atoms with Gasteiger partial charge >= 0.3 is 0 Å². The van der Waals surface area contributed by atoms with Gasteiger partial charge in [-0.3, -0.25) is 0 Å². The minimum atomic E-state index is -0.457. The predicted octanol–water partition coefficient (Wildman–Crippen LogP) is 2.71. The second-order valence-electron chi connectivity index (χ2n) is 5.83. The van der Waals surface area contributed by atoms with Gasteiger partial charge in [0.05, 0.1) is 24.1 Å². The number of ether oxygens (including phenoxy) is 1. The molecule has 2 unspecified atom stereocenters. The summed E-state index contributed by atoms with van der Waals surface area (Å²) in [5, 5.41) is 28.0. The topological polar surface area (TPSA) is 69.9 Å². The lowest BCUT2D eigenvalue weighted by Gasteiger charge is -2.18. The number of rotatable bonds is 9. The fourth-order valence-electron chi connectivity index (χ4n) is 2.57. The SMILES string of the molecule is C=C(O)C(C)C[C@H](O)CCC1O[C@@H](CCCO)CC1=C. The van der Waals surface area contributed by atoms with Crippen LogP contribution in [0.5, 0.6) is 0 Å². The Morgan fingerprint density at radius 3 is 2.75 bits per heavy atom. The van der Waals surface area contributed by atoms with E-state index in [4.69, 9.17) is 9.84 Å². The standard InChI is InChI=1S/C16H28O4/c1-11(13(3)18)9-14(19)6-7-16-12(2)10-15(20-16)5-4-8-17/h11,14-19H,2-10H2,1H3/t11?,14-,15+,16?/m1/s1. The zero-order valence-electron chi connectivity index (χ0n) is 12.4. The molecule has 1 aliphatic heterocycles. The first kappa shape index (κ1) is 17.2. The molecule has 1 aliphatic rings. The number of allylic oxidation sites excluding steroid dienone is 1. The van der Waals surface area contributed by atoms with Gasteiger partial charge < -0.3 is 20.1 Å². The predicted molar refractivity (Wildman–Crippen MR) is 79.5 cm³/mol. The molecular formula is C16H28O4. The Balaban J connectivity index is 2.27. The summed E-state index contributed by atoms with van der Waals surface area (Å²) >= 11 is 0. The average Bonchev–Trinajstić information content (AvgIpc) is 2.74. The Labute approximate surface area is 121 Å². The zero-order valence-corrected chi connectivity index (χ0v) is 12.4. The molecule has 3 N–H and O–H groups in total. The number of aliphatic hydroxyl groups is 3. The van der Waals surface area contributed by atoms with Crippen LogP contribution in [-0.4, -0.2) is 40.2 Å². The van der Waals surface area contributed by atoms with Crippen LogP contribution in [0, 0.1) is 5.92 Å². The van der Waals surface area contributed by atoms with Crippen molar-refractivity contribution in [2.45, 2.75) is 63.8 Å². The van der Waals surface area contributed by atoms with E-state index in [2.05, 4.69) is 13.2 Å². The second kappa shape index (κ2) is 8.45. The van der Waals surface area contributed by atoms with Gasteiger partial charge in [0.2, 0.25) is 0 Å². The van der Waals surface area contributed by atoms with E-state index in [0.717, 1.165) is 31.3 Å². The van der Waals surface area contributed by atoms with Gasteiger partial charge in [0.1, 0.15) is 0 Å². The van der Waals surface area contributed by atoms with E-state index < -0.39 is 6.10 Å². The molecular weight excluding hydrogens is 256 g/mol. The molecule has 116 valence electrons. The lowest BCUT2D eigenvalue weighted by atomic mass is 9.96. The van der Waals surface area contributed by atoms with E-state index in [1.165, 1.54) is 0 Å². The molecule has 20 heavy (non-hydrogen) atoms. The largest absolute Gasteiger partial charge is 0.513 e. The van der Waals surface area contributed by atoms with E-state index in [1.807, 2.05) is 6.92 Å². The number of hydrogen-bond donors (Lipinski definition) is 3. The van der Waals surface area contributed by atoms with E-state index in [0.29, 0.717) is 12.8 Å². The molecule has 4 nitrogen and oxygen atoms in total. The zero-order chi connectivity index (χ0) is 15.1. The van der Waals surface area contributed by atoms with Crippen LogP contribution in [0.2, 0.25) is 0 Å². The highest BCUT2D eigenvalue weighted by atomic mass is 16.5. The van der Waals surface area contributed by atoms with E-state index in [9.17, 15) is 10.2 Å². The van der Waals surface area contributed by atoms with Crippen LogP contribution in [0.1, 0.15) is 45.4 Å². The Kier molecular flexibility index (Phi) is 7.27. The summed E-state index contributed by atoms with van der Waals surface area (Å²) in [6.07, 6.45) is 4.08. The van der Waals surface area contributed by atoms with E-state index in [-0.39, 0.29) is 30.5 Å². The van der Waals surface area contributed by atoms with Crippen molar-refractivity contribution in [3.8, 4) is 0 Å². The van der Waals surface area contributed by atoms with Crippen LogP contribution >= 0.6 is 0 Å². The van der Waals surface area contributed by atoms with Crippen LogP contribution < -0.4 is 0 Å². The summed E-state index contributed by atoms with van der Waals surface area (Å²) in [4.78, 5) is 0. The van der Waals surface area contributed by atoms with Crippen molar-refractivity contribution in [3.63, 3.8) is 0 Å². The molecule has 0 radical (unpaired) electrons. The molecule has 1 fully saturated rings. The average molecular weight is 284 g/mol. The Hall–Kier alpha value is -0.840. The van der Waals surface area contributed by atoms with Crippen LogP contribution in [0.25, 0.3) is 0 Å². The maximum absolute atomic E-state index is 9.95. The Morgan fingerprint density at radius 1 is 1.45 bits per heavy atom. The quantitative estimate of drug-likeness (QED) is 0.450. The summed E-state index contributed by atoms with van der Waals surface area (Å²) in [5.41, 5.74) is 1.08. The molecule has 4 heteroatoms. The van der Waals surface area contributed by atoms with Crippen molar-refractivity contribution in [2.24, 2.45) is 5.92 Å². The van der Waals surface area contributed by atoms with Crippen LogP contribution in [0.15, 0.2) is 24.5 Å². The van der Waals surface area contributed by atoms with Gasteiger partial charge in [-0.05, 0) is 44.1 Å². The molecule has 0 spiro atoms. The van der Waals surface area contributed by atoms with Crippen LogP contribution in [-0.2, 0) is 4.74 Å². The molecule has 4 atom stereocenters. The maximum Gasteiger partial charge on any atom is 0.0880 e. The summed E-state index contributed by atoms with van der Waals surface area (Å²) in [5.74, 6) is 0.0321. The molecule has 0 aromatic rings. The molecule has 0 aliphatic carbocycles. The third kappa shape index (κ3) is 5.65. The summed E-state index contributed by atoms with van der Waals surface area (Å²) < 4.78 is 5.89. The first-order chi connectivity index (χ1) is 9.43. The van der Waals surface area contributed by atoms with Gasteiger partial charge in [0.25, 0.3) is 0 Å². The van der Waals surface area contributed by atoms with E-state index >= 15 is 0 Å². The van der Waals surface area contributed by atoms with Crippen molar-refractivity contribution in [2.75, 3.05) is 6.61 Å². The van der Waals surface area contributed by atoms with Crippen LogP contribution in [0.3, 0.4) is 0 Å². The monoisotopic (exact) mass is 284 g/mol. The first-order valence-corrected chi connectivity index (χ1v) is 7.43. The number of hydrogen-bond acceptors (Lipinski definition) is 4. The molecule has 0 aromatic carbocycles. The van der Waals surface area contributed by atoms with Crippen molar-refractivity contribution in [3.05, 3.63) is 24.5 Å². The highest BCUT2D eigenvalue weighted by Gasteiger charge is 2.28. The van der Waals surface area contributed by atoms with Gasteiger partial charge in [-0.2, -0.15) is 0 Å². The fourth-order valence-corrected chi connectivity index (χ4v) is 2.57. The molecule has 1 saturated heterocycles. The molecule has 0 bridgehead atoms. The van der Waals surface area contributed by atoms with Crippen molar-refractivity contribution in [1.82, 2.24) is 0 Å². The molecule has 0 saturated carbocycles.